The first kappa shape index (κ1) is 13.4. The fraction of sp³-hybridized carbons (Fsp3) is 0.133. The van der Waals surface area contributed by atoms with Crippen LogP contribution < -0.4 is 5.32 Å². The van der Waals surface area contributed by atoms with E-state index in [9.17, 15) is 9.90 Å². The molecule has 0 radical (unpaired) electrons. The van der Waals surface area contributed by atoms with E-state index in [-0.39, 0.29) is 18.1 Å². The minimum Gasteiger partial charge on any atom is -0.506 e. The van der Waals surface area contributed by atoms with Gasteiger partial charge >= 0.3 is 0 Å². The lowest BCUT2D eigenvalue weighted by Gasteiger charge is -2.08. The van der Waals surface area contributed by atoms with Crippen LogP contribution >= 0.6 is 11.6 Å². The maximum Gasteiger partial charge on any atom is 0.228 e. The molecule has 0 heterocycles. The van der Waals surface area contributed by atoms with E-state index in [1.54, 1.807) is 30.3 Å². The van der Waals surface area contributed by atoms with Crippen molar-refractivity contribution in [2.24, 2.45) is 0 Å². The summed E-state index contributed by atoms with van der Waals surface area (Å²) in [5.41, 5.74) is 2.18. The minimum atomic E-state index is -0.193. The second kappa shape index (κ2) is 5.76. The highest BCUT2D eigenvalue weighted by Gasteiger charge is 2.07. The van der Waals surface area contributed by atoms with Crippen LogP contribution in [0.1, 0.15) is 11.1 Å². The summed E-state index contributed by atoms with van der Waals surface area (Å²) >= 11 is 5.86. The number of phenols is 1. The van der Waals surface area contributed by atoms with Crippen molar-refractivity contribution < 1.29 is 9.90 Å². The van der Waals surface area contributed by atoms with Crippen LogP contribution in [0.2, 0.25) is 5.02 Å². The zero-order valence-corrected chi connectivity index (χ0v) is 11.2. The first-order chi connectivity index (χ1) is 9.04. The largest absolute Gasteiger partial charge is 0.506 e. The van der Waals surface area contributed by atoms with Crippen molar-refractivity contribution in [3.63, 3.8) is 0 Å². The van der Waals surface area contributed by atoms with Crippen LogP contribution in [0.15, 0.2) is 42.5 Å². The van der Waals surface area contributed by atoms with Crippen LogP contribution in [0, 0.1) is 6.92 Å². The van der Waals surface area contributed by atoms with Crippen LogP contribution in [0.5, 0.6) is 5.75 Å². The Labute approximate surface area is 116 Å². The van der Waals surface area contributed by atoms with Gasteiger partial charge in [-0.2, -0.15) is 0 Å². The van der Waals surface area contributed by atoms with Crippen molar-refractivity contribution in [2.45, 2.75) is 13.3 Å². The molecule has 98 valence electrons. The van der Waals surface area contributed by atoms with E-state index in [0.717, 1.165) is 11.1 Å². The molecule has 0 atom stereocenters. The Morgan fingerprint density at radius 1 is 1.26 bits per heavy atom. The number of carbonyl (C=O) groups is 1. The molecule has 0 aliphatic heterocycles. The Balaban J connectivity index is 2.05. The molecule has 0 aliphatic carbocycles. The average molecular weight is 276 g/mol. The van der Waals surface area contributed by atoms with Gasteiger partial charge in [-0.15, -0.1) is 0 Å². The molecule has 1 amide bonds. The highest BCUT2D eigenvalue weighted by atomic mass is 35.5. The fourth-order valence-corrected chi connectivity index (χ4v) is 1.99. The highest BCUT2D eigenvalue weighted by Crippen LogP contribution is 2.24. The predicted octanol–water partition coefficient (Wildman–Crippen LogP) is 3.54. The number of benzene rings is 2. The first-order valence-corrected chi connectivity index (χ1v) is 6.26. The van der Waals surface area contributed by atoms with E-state index in [4.69, 9.17) is 11.6 Å². The number of aryl methyl sites for hydroxylation is 1. The lowest BCUT2D eigenvalue weighted by Crippen LogP contribution is -2.14. The van der Waals surface area contributed by atoms with Gasteiger partial charge in [-0.1, -0.05) is 29.8 Å². The number of hydrogen-bond acceptors (Lipinski definition) is 2. The van der Waals surface area contributed by atoms with E-state index >= 15 is 0 Å². The topological polar surface area (TPSA) is 49.3 Å². The number of carbonyl (C=O) groups excluding carboxylic acids is 1. The van der Waals surface area contributed by atoms with E-state index in [0.29, 0.717) is 10.7 Å². The molecule has 2 rings (SSSR count). The van der Waals surface area contributed by atoms with Gasteiger partial charge in [0.15, 0.2) is 0 Å². The number of phenolic OH excluding ortho intramolecular Hbond substituents is 1. The monoisotopic (exact) mass is 275 g/mol. The standard InChI is InChI=1S/C15H14ClNO2/c1-10-5-6-13(14(18)7-10)17-15(19)9-11-3-2-4-12(16)8-11/h2-8,18H,9H2,1H3,(H,17,19). The van der Waals surface area contributed by atoms with Gasteiger partial charge in [-0.05, 0) is 42.3 Å². The smallest absolute Gasteiger partial charge is 0.228 e. The van der Waals surface area contributed by atoms with Gasteiger partial charge in [-0.3, -0.25) is 4.79 Å². The molecule has 0 aliphatic rings. The SMILES string of the molecule is Cc1ccc(NC(=O)Cc2cccc(Cl)c2)c(O)c1. The van der Waals surface area contributed by atoms with Crippen molar-refractivity contribution in [2.75, 3.05) is 5.32 Å². The van der Waals surface area contributed by atoms with Gasteiger partial charge in [0.25, 0.3) is 0 Å². The summed E-state index contributed by atoms with van der Waals surface area (Å²) in [6.45, 7) is 1.87. The summed E-state index contributed by atoms with van der Waals surface area (Å²) in [5, 5.41) is 13.0. The van der Waals surface area contributed by atoms with Gasteiger partial charge in [0.05, 0.1) is 12.1 Å². The molecule has 3 nitrogen and oxygen atoms in total. The predicted molar refractivity (Wildman–Crippen MR) is 76.6 cm³/mol. The van der Waals surface area contributed by atoms with Crippen molar-refractivity contribution in [1.82, 2.24) is 0 Å². The van der Waals surface area contributed by atoms with E-state index in [1.807, 2.05) is 19.1 Å². The molecular weight excluding hydrogens is 262 g/mol. The van der Waals surface area contributed by atoms with Gasteiger partial charge in [0, 0.05) is 5.02 Å². The molecule has 2 N–H and O–H groups in total. The third kappa shape index (κ3) is 3.73. The number of hydrogen-bond donors (Lipinski definition) is 2. The van der Waals surface area contributed by atoms with Crippen molar-refractivity contribution in [1.29, 1.82) is 0 Å². The van der Waals surface area contributed by atoms with Crippen LogP contribution in [0.25, 0.3) is 0 Å². The first-order valence-electron chi connectivity index (χ1n) is 5.88. The normalized spacial score (nSPS) is 10.2. The summed E-state index contributed by atoms with van der Waals surface area (Å²) in [6.07, 6.45) is 0.216. The molecule has 4 heteroatoms. The summed E-state index contributed by atoms with van der Waals surface area (Å²) in [4.78, 5) is 11.9. The van der Waals surface area contributed by atoms with E-state index in [2.05, 4.69) is 5.32 Å². The Morgan fingerprint density at radius 3 is 2.74 bits per heavy atom. The number of rotatable bonds is 3. The zero-order valence-electron chi connectivity index (χ0n) is 10.5. The number of aromatic hydroxyl groups is 1. The van der Waals surface area contributed by atoms with Crippen molar-refractivity contribution in [3.05, 3.63) is 58.6 Å². The average Bonchev–Trinajstić information content (AvgIpc) is 2.33. The molecule has 0 aromatic heterocycles. The number of amides is 1. The summed E-state index contributed by atoms with van der Waals surface area (Å²) in [7, 11) is 0. The Morgan fingerprint density at radius 2 is 2.05 bits per heavy atom. The summed E-state index contributed by atoms with van der Waals surface area (Å²) < 4.78 is 0. The Kier molecular flexibility index (Phi) is 4.07. The van der Waals surface area contributed by atoms with E-state index in [1.165, 1.54) is 0 Å². The molecule has 19 heavy (non-hydrogen) atoms. The maximum absolute atomic E-state index is 11.9. The summed E-state index contributed by atoms with van der Waals surface area (Å²) in [6, 6.07) is 12.3. The Bertz CT molecular complexity index is 611. The van der Waals surface area contributed by atoms with Gasteiger partial charge in [0.2, 0.25) is 5.91 Å². The number of nitrogens with one attached hydrogen (secondary N) is 1. The zero-order chi connectivity index (χ0) is 13.8. The highest BCUT2D eigenvalue weighted by molar-refractivity contribution is 6.30. The Hall–Kier alpha value is -2.00. The fourth-order valence-electron chi connectivity index (χ4n) is 1.77. The molecule has 0 saturated heterocycles. The van der Waals surface area contributed by atoms with Crippen LogP contribution in [-0.2, 0) is 11.2 Å². The molecular formula is C15H14ClNO2. The number of anilines is 1. The van der Waals surface area contributed by atoms with E-state index < -0.39 is 0 Å². The lowest BCUT2D eigenvalue weighted by atomic mass is 10.1. The lowest BCUT2D eigenvalue weighted by molar-refractivity contribution is -0.115. The van der Waals surface area contributed by atoms with Gasteiger partial charge < -0.3 is 10.4 Å². The summed E-state index contributed by atoms with van der Waals surface area (Å²) in [5.74, 6) is -0.124. The number of halogens is 1. The molecule has 0 saturated carbocycles. The van der Waals surface area contributed by atoms with Gasteiger partial charge in [-0.25, -0.2) is 0 Å². The third-order valence-corrected chi connectivity index (χ3v) is 2.92. The van der Waals surface area contributed by atoms with Gasteiger partial charge in [0.1, 0.15) is 5.75 Å². The third-order valence-electron chi connectivity index (χ3n) is 2.68. The van der Waals surface area contributed by atoms with Crippen LogP contribution in [-0.4, -0.2) is 11.0 Å². The molecule has 0 spiro atoms. The molecule has 0 bridgehead atoms. The van der Waals surface area contributed by atoms with Crippen molar-refractivity contribution in [3.8, 4) is 5.75 Å². The van der Waals surface area contributed by atoms with Crippen molar-refractivity contribution >= 4 is 23.2 Å². The second-order valence-corrected chi connectivity index (χ2v) is 4.81. The van der Waals surface area contributed by atoms with Crippen LogP contribution in [0.4, 0.5) is 5.69 Å². The molecule has 0 unspecified atom stereocenters. The minimum absolute atomic E-state index is 0.0689. The molecule has 2 aromatic carbocycles. The quantitative estimate of drug-likeness (QED) is 0.842. The molecule has 2 aromatic rings. The second-order valence-electron chi connectivity index (χ2n) is 4.38. The van der Waals surface area contributed by atoms with Crippen LogP contribution in [0.3, 0.4) is 0 Å². The maximum atomic E-state index is 11.9. The molecule has 0 fully saturated rings.